The van der Waals surface area contributed by atoms with Gasteiger partial charge in [-0.15, -0.1) is 5.38 Å². The van der Waals surface area contributed by atoms with Gasteiger partial charge in [0.1, 0.15) is 0 Å². The molecule has 34 valence electrons. The van der Waals surface area contributed by atoms with Gasteiger partial charge in [0.25, 0.3) is 0 Å². The van der Waals surface area contributed by atoms with Gasteiger partial charge < -0.3 is 35.3 Å². The summed E-state index contributed by atoms with van der Waals surface area (Å²) in [5.74, 6) is 0. The third-order valence-corrected chi connectivity index (χ3v) is 0.944. The molecule has 0 unspecified atom stereocenters. The van der Waals surface area contributed by atoms with E-state index < -0.39 is 0 Å². The number of hydrogen-bond acceptors (Lipinski definition) is 1. The van der Waals surface area contributed by atoms with E-state index in [4.69, 9.17) is 0 Å². The quantitative estimate of drug-likeness (QED) is 0.309. The third kappa shape index (κ3) is 4.92. The van der Waals surface area contributed by atoms with E-state index in [0.717, 1.165) is 0 Å². The van der Waals surface area contributed by atoms with Crippen LogP contribution in [0, 0.1) is 5.38 Å². The third-order valence-electron chi connectivity index (χ3n) is 0.379. The maximum absolute atomic E-state index is 2.90. The summed E-state index contributed by atoms with van der Waals surface area (Å²) in [6.07, 6.45) is 0. The summed E-state index contributed by atoms with van der Waals surface area (Å²) < 4.78 is 0. The first kappa shape index (κ1) is 10.9. The van der Waals surface area contributed by atoms with Gasteiger partial charge in [-0.3, -0.25) is 0 Å². The largest absolute Gasteiger partial charge is 2.00 e. The van der Waals surface area contributed by atoms with Crippen LogP contribution in [0.4, 0.5) is 0 Å². The van der Waals surface area contributed by atoms with Crippen molar-refractivity contribution in [2.75, 3.05) is 0 Å². The van der Waals surface area contributed by atoms with Crippen molar-refractivity contribution < 1.29 is 43.5 Å². The minimum atomic E-state index is 0. The Morgan fingerprint density at radius 3 is 2.29 bits per heavy atom. The maximum Gasteiger partial charge on any atom is 2.00 e. The zero-order chi connectivity index (χ0) is 3.54. The van der Waals surface area contributed by atoms with Gasteiger partial charge in [-0.05, 0) is 0 Å². The van der Waals surface area contributed by atoms with Crippen molar-refractivity contribution in [3.8, 4) is 0 Å². The number of hydrogen-bond donors (Lipinski definition) is 0. The van der Waals surface area contributed by atoms with Crippen LogP contribution in [0.15, 0.2) is 17.5 Å². The summed E-state index contributed by atoms with van der Waals surface area (Å²) in [4.78, 5) is 0. The first-order chi connectivity index (χ1) is 2.50. The van der Waals surface area contributed by atoms with Crippen LogP contribution in [-0.2, 0) is 19.5 Å². The molecule has 0 nitrogen and oxygen atoms in total. The van der Waals surface area contributed by atoms with Crippen molar-refractivity contribution in [2.24, 2.45) is 0 Å². The minimum absolute atomic E-state index is 0. The van der Waals surface area contributed by atoms with Gasteiger partial charge >= 0.3 is 19.5 Å². The monoisotopic (exact) mass is 274 g/mol. The number of halogens is 1. The summed E-state index contributed by atoms with van der Waals surface area (Å²) >= 11 is 1.59. The van der Waals surface area contributed by atoms with Gasteiger partial charge in [-0.25, -0.2) is 6.07 Å². The van der Waals surface area contributed by atoms with Crippen LogP contribution < -0.4 is 24.0 Å². The van der Waals surface area contributed by atoms with Crippen LogP contribution in [0.2, 0.25) is 0 Å². The van der Waals surface area contributed by atoms with Crippen LogP contribution in [0.1, 0.15) is 0 Å². The van der Waals surface area contributed by atoms with E-state index in [1.165, 1.54) is 0 Å². The molecule has 0 spiro atoms. The van der Waals surface area contributed by atoms with E-state index in [2.05, 4.69) is 5.38 Å². The van der Waals surface area contributed by atoms with Crippen molar-refractivity contribution in [1.82, 2.24) is 0 Å². The molecule has 1 aromatic heterocycles. The molecule has 0 radical (unpaired) electrons. The molecule has 0 bridgehead atoms. The molecule has 1 aromatic rings. The van der Waals surface area contributed by atoms with E-state index in [0.29, 0.717) is 0 Å². The van der Waals surface area contributed by atoms with Gasteiger partial charge in [0.2, 0.25) is 0 Å². The van der Waals surface area contributed by atoms with Gasteiger partial charge in [0, 0.05) is 0 Å². The second kappa shape index (κ2) is 7.05. The molecular weight excluding hydrogens is 272 g/mol. The summed E-state index contributed by atoms with van der Waals surface area (Å²) in [5.41, 5.74) is 0. The topological polar surface area (TPSA) is 0 Å². The van der Waals surface area contributed by atoms with Crippen molar-refractivity contribution in [3.63, 3.8) is 0 Å². The van der Waals surface area contributed by atoms with Crippen LogP contribution in [0.5, 0.6) is 0 Å². The molecule has 1 heterocycles. The molecule has 0 amide bonds. The molecule has 0 aliphatic carbocycles. The van der Waals surface area contributed by atoms with Crippen molar-refractivity contribution in [3.05, 3.63) is 22.9 Å². The molecule has 0 fully saturated rings. The Morgan fingerprint density at radius 2 is 2.14 bits per heavy atom. The van der Waals surface area contributed by atoms with Crippen molar-refractivity contribution in [2.45, 2.75) is 0 Å². The van der Waals surface area contributed by atoms with E-state index in [-0.39, 0.29) is 43.5 Å². The normalized spacial score (nSPS) is 5.71. The average Bonchev–Trinajstić information content (AvgIpc) is 1.76. The van der Waals surface area contributed by atoms with Gasteiger partial charge in [0.05, 0.1) is 0 Å². The summed E-state index contributed by atoms with van der Waals surface area (Å²) in [7, 11) is 0. The predicted octanol–water partition coefficient (Wildman–Crippen LogP) is -1.45. The van der Waals surface area contributed by atoms with E-state index in [1.807, 2.05) is 17.5 Å². The maximum atomic E-state index is 2.90. The second-order valence-electron chi connectivity index (χ2n) is 0.731. The van der Waals surface area contributed by atoms with Crippen LogP contribution >= 0.6 is 11.3 Å². The molecule has 0 aliphatic heterocycles. The fraction of sp³-hybridized carbons (Fsp3) is 0. The molecule has 0 saturated carbocycles. The van der Waals surface area contributed by atoms with E-state index in [9.17, 15) is 0 Å². The Balaban J connectivity index is 0. The molecule has 0 N–H and O–H groups in total. The smallest absolute Gasteiger partial charge is 1.00 e. The Hall–Kier alpha value is 1.05. The van der Waals surface area contributed by atoms with Crippen LogP contribution in [0.3, 0.4) is 0 Å². The first-order valence-electron chi connectivity index (χ1n) is 1.40. The molecule has 3 heteroatoms. The molecule has 0 aliphatic rings. The standard InChI is InChI=1S/C4H3S.HI.Zn/c1-2-4-5-3-1;;/h1-3H;1H;/q-1;;+2/p-1. The Labute approximate surface area is 77.1 Å². The molecule has 7 heavy (non-hydrogen) atoms. The average molecular weight is 275 g/mol. The molecular formula is C4H3ISZn. The summed E-state index contributed by atoms with van der Waals surface area (Å²) in [6, 6.07) is 3.86. The first-order valence-corrected chi connectivity index (χ1v) is 2.27. The Morgan fingerprint density at radius 1 is 1.43 bits per heavy atom. The Kier molecular flexibility index (Phi) is 11.0. The van der Waals surface area contributed by atoms with E-state index in [1.54, 1.807) is 11.3 Å². The number of rotatable bonds is 0. The number of thiophene rings is 1. The minimum Gasteiger partial charge on any atom is -1.00 e. The summed E-state index contributed by atoms with van der Waals surface area (Å²) in [6.45, 7) is 0. The van der Waals surface area contributed by atoms with Crippen molar-refractivity contribution >= 4 is 11.3 Å². The van der Waals surface area contributed by atoms with Crippen molar-refractivity contribution in [1.29, 1.82) is 0 Å². The predicted molar refractivity (Wildman–Crippen MR) is 23.2 cm³/mol. The zero-order valence-electron chi connectivity index (χ0n) is 3.73. The zero-order valence-corrected chi connectivity index (χ0v) is 9.67. The fourth-order valence-electron chi connectivity index (χ4n) is 0.196. The fourth-order valence-corrected chi connectivity index (χ4v) is 0.589. The van der Waals surface area contributed by atoms with Gasteiger partial charge in [-0.1, -0.05) is 0 Å². The molecule has 0 saturated heterocycles. The van der Waals surface area contributed by atoms with Crippen LogP contribution in [-0.4, -0.2) is 0 Å². The molecule has 0 atom stereocenters. The van der Waals surface area contributed by atoms with Crippen LogP contribution in [0.25, 0.3) is 0 Å². The molecule has 1 rings (SSSR count). The second-order valence-corrected chi connectivity index (χ2v) is 1.47. The Bertz CT molecular complexity index is 68.2. The molecule has 0 aromatic carbocycles. The van der Waals surface area contributed by atoms with E-state index >= 15 is 0 Å². The van der Waals surface area contributed by atoms with Gasteiger partial charge in [-0.2, -0.15) is 11.4 Å². The van der Waals surface area contributed by atoms with Gasteiger partial charge in [0.15, 0.2) is 0 Å². The summed E-state index contributed by atoms with van der Waals surface area (Å²) in [5, 5.41) is 4.89. The SMILES string of the molecule is [I-].[Zn+2].[c-]1cccs1.